The molecule has 0 bridgehead atoms. The highest BCUT2D eigenvalue weighted by Crippen LogP contribution is 2.14. The summed E-state index contributed by atoms with van der Waals surface area (Å²) >= 11 is 5.92. The van der Waals surface area contributed by atoms with Crippen molar-refractivity contribution in [2.75, 3.05) is 18.5 Å². The minimum atomic E-state index is -0.410. The molecule has 0 spiro atoms. The number of hydrogen-bond acceptors (Lipinski definition) is 5. The number of aromatic nitrogens is 4. The smallest absolute Gasteiger partial charge is 0.332 e. The number of benzene rings is 1. The van der Waals surface area contributed by atoms with Gasteiger partial charge in [-0.1, -0.05) is 23.7 Å². The van der Waals surface area contributed by atoms with E-state index >= 15 is 0 Å². The van der Waals surface area contributed by atoms with Gasteiger partial charge in [0.15, 0.2) is 11.2 Å². The summed E-state index contributed by atoms with van der Waals surface area (Å²) in [6.45, 7) is 5.44. The fourth-order valence-corrected chi connectivity index (χ4v) is 3.23. The molecule has 0 aliphatic carbocycles. The summed E-state index contributed by atoms with van der Waals surface area (Å²) in [5.41, 5.74) is 0.771. The molecule has 9 heteroatoms. The van der Waals surface area contributed by atoms with Crippen LogP contribution in [0.25, 0.3) is 11.2 Å². The number of aryl methyl sites for hydroxylation is 2. The van der Waals surface area contributed by atoms with Crippen molar-refractivity contribution in [3.63, 3.8) is 0 Å². The molecule has 156 valence electrons. The Labute approximate surface area is 173 Å². The summed E-state index contributed by atoms with van der Waals surface area (Å²) in [6, 6.07) is 7.07. The van der Waals surface area contributed by atoms with Crippen molar-refractivity contribution in [3.05, 3.63) is 55.7 Å². The maximum absolute atomic E-state index is 13.1. The van der Waals surface area contributed by atoms with Crippen molar-refractivity contribution < 1.29 is 4.74 Å². The molecule has 0 radical (unpaired) electrons. The third-order valence-corrected chi connectivity index (χ3v) is 4.92. The third-order valence-electron chi connectivity index (χ3n) is 4.67. The predicted molar refractivity (Wildman–Crippen MR) is 115 cm³/mol. The zero-order chi connectivity index (χ0) is 21.1. The lowest BCUT2D eigenvalue weighted by atomic mass is 10.2. The van der Waals surface area contributed by atoms with Crippen LogP contribution >= 0.6 is 11.6 Å². The summed E-state index contributed by atoms with van der Waals surface area (Å²) in [5.74, 6) is 0.542. The Balaban J connectivity index is 1.91. The van der Waals surface area contributed by atoms with Crippen LogP contribution in [0, 0.1) is 0 Å². The van der Waals surface area contributed by atoms with E-state index in [4.69, 9.17) is 16.3 Å². The number of nitrogens with zero attached hydrogens (tertiary/aromatic N) is 4. The third kappa shape index (κ3) is 4.54. The van der Waals surface area contributed by atoms with Gasteiger partial charge in [-0.2, -0.15) is 4.98 Å². The van der Waals surface area contributed by atoms with Crippen molar-refractivity contribution in [2.45, 2.75) is 32.9 Å². The van der Waals surface area contributed by atoms with Gasteiger partial charge in [-0.3, -0.25) is 13.9 Å². The number of nitrogens with one attached hydrogen (secondary N) is 1. The molecule has 3 rings (SSSR count). The van der Waals surface area contributed by atoms with E-state index in [-0.39, 0.29) is 18.2 Å². The standard InChI is InChI=1S/C20H26ClN5O3/c1-13(2)29-11-5-10-22-19-23-17-16(24(19)3)18(27)26(20(28)25(17)4)12-14-6-8-15(21)9-7-14/h6-9,13H,5,10-12H2,1-4H3,(H,22,23). The molecule has 1 aromatic carbocycles. The Morgan fingerprint density at radius 3 is 2.48 bits per heavy atom. The van der Waals surface area contributed by atoms with Crippen LogP contribution in [0.3, 0.4) is 0 Å². The maximum Gasteiger partial charge on any atom is 0.332 e. The predicted octanol–water partition coefficient (Wildman–Crippen LogP) is 2.36. The van der Waals surface area contributed by atoms with Crippen molar-refractivity contribution >= 4 is 28.7 Å². The molecule has 0 fully saturated rings. The van der Waals surface area contributed by atoms with E-state index in [0.29, 0.717) is 35.3 Å². The lowest BCUT2D eigenvalue weighted by Crippen LogP contribution is -2.39. The number of halogens is 1. The van der Waals surface area contributed by atoms with Gasteiger partial charge >= 0.3 is 5.69 Å². The van der Waals surface area contributed by atoms with Crippen LogP contribution in [-0.4, -0.2) is 37.9 Å². The number of rotatable bonds is 8. The molecule has 0 saturated heterocycles. The zero-order valence-corrected chi connectivity index (χ0v) is 17.9. The van der Waals surface area contributed by atoms with E-state index in [9.17, 15) is 9.59 Å². The van der Waals surface area contributed by atoms with Gasteiger partial charge in [-0.25, -0.2) is 4.79 Å². The summed E-state index contributed by atoms with van der Waals surface area (Å²) in [4.78, 5) is 30.3. The van der Waals surface area contributed by atoms with Crippen LogP contribution in [0.5, 0.6) is 0 Å². The Kier molecular flexibility index (Phi) is 6.44. The average Bonchev–Trinajstić information content (AvgIpc) is 3.01. The normalized spacial score (nSPS) is 11.5. The van der Waals surface area contributed by atoms with E-state index in [2.05, 4.69) is 10.3 Å². The Morgan fingerprint density at radius 2 is 1.83 bits per heavy atom. The summed E-state index contributed by atoms with van der Waals surface area (Å²) in [7, 11) is 3.39. The van der Waals surface area contributed by atoms with Crippen molar-refractivity contribution in [2.24, 2.45) is 14.1 Å². The lowest BCUT2D eigenvalue weighted by molar-refractivity contribution is 0.0787. The van der Waals surface area contributed by atoms with Crippen molar-refractivity contribution in [1.29, 1.82) is 0 Å². The van der Waals surface area contributed by atoms with E-state index < -0.39 is 5.69 Å². The van der Waals surface area contributed by atoms with Gasteiger partial charge in [-0.15, -0.1) is 0 Å². The number of anilines is 1. The van der Waals surface area contributed by atoms with Crippen LogP contribution in [-0.2, 0) is 25.4 Å². The molecular weight excluding hydrogens is 394 g/mol. The second kappa shape index (κ2) is 8.84. The highest BCUT2D eigenvalue weighted by Gasteiger charge is 2.18. The summed E-state index contributed by atoms with van der Waals surface area (Å²) in [6.07, 6.45) is 1.00. The topological polar surface area (TPSA) is 83.1 Å². The average molecular weight is 420 g/mol. The monoisotopic (exact) mass is 419 g/mol. The molecular formula is C20H26ClN5O3. The molecule has 2 heterocycles. The quantitative estimate of drug-likeness (QED) is 0.567. The maximum atomic E-state index is 13.1. The number of imidazole rings is 1. The van der Waals surface area contributed by atoms with Gasteiger partial charge in [-0.05, 0) is 38.0 Å². The SMILES string of the molecule is CC(C)OCCCNc1nc2c(c(=O)n(Cc3ccc(Cl)cc3)c(=O)n2C)n1C. The Hall–Kier alpha value is -2.58. The second-order valence-electron chi connectivity index (χ2n) is 7.23. The number of fused-ring (bicyclic) bond motifs is 1. The molecule has 3 aromatic rings. The van der Waals surface area contributed by atoms with Crippen LogP contribution in [0.4, 0.5) is 5.95 Å². The largest absolute Gasteiger partial charge is 0.379 e. The van der Waals surface area contributed by atoms with Crippen molar-refractivity contribution in [1.82, 2.24) is 18.7 Å². The van der Waals surface area contributed by atoms with Crippen LogP contribution < -0.4 is 16.6 Å². The van der Waals surface area contributed by atoms with Crippen LogP contribution in [0.2, 0.25) is 5.02 Å². The molecule has 8 nitrogen and oxygen atoms in total. The van der Waals surface area contributed by atoms with Crippen LogP contribution in [0.15, 0.2) is 33.9 Å². The van der Waals surface area contributed by atoms with Gasteiger partial charge in [0.1, 0.15) is 0 Å². The first-order chi connectivity index (χ1) is 13.8. The van der Waals surface area contributed by atoms with Crippen molar-refractivity contribution in [3.8, 4) is 0 Å². The lowest BCUT2D eigenvalue weighted by Gasteiger charge is -2.09. The first kappa shape index (κ1) is 21.1. The van der Waals surface area contributed by atoms with Gasteiger partial charge in [0.25, 0.3) is 5.56 Å². The molecule has 0 atom stereocenters. The van der Waals surface area contributed by atoms with Gasteiger partial charge in [0.2, 0.25) is 5.95 Å². The van der Waals surface area contributed by atoms with E-state index in [1.807, 2.05) is 13.8 Å². The van der Waals surface area contributed by atoms with Crippen LogP contribution in [0.1, 0.15) is 25.8 Å². The summed E-state index contributed by atoms with van der Waals surface area (Å²) < 4.78 is 9.84. The second-order valence-corrected chi connectivity index (χ2v) is 7.66. The molecule has 29 heavy (non-hydrogen) atoms. The van der Waals surface area contributed by atoms with E-state index in [0.717, 1.165) is 12.0 Å². The number of hydrogen-bond donors (Lipinski definition) is 1. The Bertz CT molecular complexity index is 1110. The number of ether oxygens (including phenoxy) is 1. The molecule has 0 saturated carbocycles. The minimum absolute atomic E-state index is 0.166. The fraction of sp³-hybridized carbons (Fsp3) is 0.450. The molecule has 0 unspecified atom stereocenters. The zero-order valence-electron chi connectivity index (χ0n) is 17.1. The Morgan fingerprint density at radius 1 is 1.14 bits per heavy atom. The fourth-order valence-electron chi connectivity index (χ4n) is 3.10. The first-order valence-corrected chi connectivity index (χ1v) is 9.93. The molecule has 1 N–H and O–H groups in total. The minimum Gasteiger partial charge on any atom is -0.379 e. The molecule has 0 amide bonds. The van der Waals surface area contributed by atoms with Gasteiger partial charge in [0.05, 0.1) is 12.6 Å². The highest BCUT2D eigenvalue weighted by atomic mass is 35.5. The van der Waals surface area contributed by atoms with Gasteiger partial charge in [0, 0.05) is 32.3 Å². The molecule has 0 aliphatic heterocycles. The molecule has 0 aliphatic rings. The highest BCUT2D eigenvalue weighted by molar-refractivity contribution is 6.30. The molecule has 2 aromatic heterocycles. The van der Waals surface area contributed by atoms with E-state index in [1.165, 1.54) is 9.13 Å². The van der Waals surface area contributed by atoms with E-state index in [1.54, 1.807) is 42.9 Å². The van der Waals surface area contributed by atoms with Gasteiger partial charge < -0.3 is 14.6 Å². The summed E-state index contributed by atoms with van der Waals surface area (Å²) in [5, 5.41) is 3.82. The first-order valence-electron chi connectivity index (χ1n) is 9.55.